The van der Waals surface area contributed by atoms with Crippen molar-refractivity contribution in [2.24, 2.45) is 0 Å². The summed E-state index contributed by atoms with van der Waals surface area (Å²) in [7, 11) is 0. The topological polar surface area (TPSA) is 0 Å². The van der Waals surface area contributed by atoms with Gasteiger partial charge < -0.3 is 0 Å². The Morgan fingerprint density at radius 3 is 2.69 bits per heavy atom. The third kappa shape index (κ3) is 2.64. The molecule has 86 valence electrons. The Morgan fingerprint density at radius 2 is 2.12 bits per heavy atom. The summed E-state index contributed by atoms with van der Waals surface area (Å²) in [4.78, 5) is 3.06. The van der Waals surface area contributed by atoms with Gasteiger partial charge in [0.2, 0.25) is 0 Å². The van der Waals surface area contributed by atoms with Crippen molar-refractivity contribution >= 4 is 70.5 Å². The van der Waals surface area contributed by atoms with Gasteiger partial charge in [-0.1, -0.05) is 22.9 Å². The maximum atomic E-state index is 3.79. The molecule has 2 rings (SSSR count). The van der Waals surface area contributed by atoms with Crippen molar-refractivity contribution in [1.82, 2.24) is 0 Å². The van der Waals surface area contributed by atoms with E-state index in [2.05, 4.69) is 72.2 Å². The van der Waals surface area contributed by atoms with Crippen molar-refractivity contribution in [2.45, 2.75) is 18.2 Å². The molecule has 0 fully saturated rings. The van der Waals surface area contributed by atoms with Crippen molar-refractivity contribution in [3.8, 4) is 0 Å². The van der Waals surface area contributed by atoms with Crippen molar-refractivity contribution in [1.29, 1.82) is 0 Å². The lowest BCUT2D eigenvalue weighted by atomic mass is 10.1. The highest BCUT2D eigenvalue weighted by atomic mass is 79.9. The summed E-state index contributed by atoms with van der Waals surface area (Å²) < 4.78 is 2.29. The Balaban J connectivity index is 2.35. The van der Waals surface area contributed by atoms with E-state index in [1.54, 1.807) is 11.3 Å². The fourth-order valence-electron chi connectivity index (χ4n) is 1.48. The minimum atomic E-state index is 0.315. The van der Waals surface area contributed by atoms with Gasteiger partial charge in [-0.15, -0.1) is 22.7 Å². The van der Waals surface area contributed by atoms with Crippen LogP contribution in [-0.2, 0) is 6.42 Å². The van der Waals surface area contributed by atoms with E-state index in [0.717, 1.165) is 14.7 Å². The zero-order valence-corrected chi connectivity index (χ0v) is 14.9. The lowest BCUT2D eigenvalue weighted by Crippen LogP contribution is -1.90. The standard InChI is InChI=1S/C11H9Br3S2/c1-2-6-3-4-15-10(6)9(13)8-5-7(12)11(14)16-8/h3-5,9H,2H2,1H3. The van der Waals surface area contributed by atoms with E-state index in [9.17, 15) is 0 Å². The zero-order valence-electron chi connectivity index (χ0n) is 8.47. The Bertz CT molecular complexity index is 468. The highest BCUT2D eigenvalue weighted by molar-refractivity contribution is 9.13. The Labute approximate surface area is 128 Å². The fourth-order valence-corrected chi connectivity index (χ4v) is 5.65. The van der Waals surface area contributed by atoms with Crippen LogP contribution in [0.4, 0.5) is 0 Å². The molecule has 0 nitrogen and oxygen atoms in total. The molecule has 0 amide bonds. The van der Waals surface area contributed by atoms with E-state index >= 15 is 0 Å². The maximum Gasteiger partial charge on any atom is 0.0843 e. The number of hydrogen-bond donors (Lipinski definition) is 0. The first-order valence-electron chi connectivity index (χ1n) is 4.78. The number of halogens is 3. The second kappa shape index (κ2) is 5.65. The lowest BCUT2D eigenvalue weighted by Gasteiger charge is -2.07. The third-order valence-electron chi connectivity index (χ3n) is 2.31. The van der Waals surface area contributed by atoms with Crippen LogP contribution in [0.2, 0.25) is 0 Å². The van der Waals surface area contributed by atoms with Gasteiger partial charge in [0.15, 0.2) is 0 Å². The van der Waals surface area contributed by atoms with E-state index in [-0.39, 0.29) is 0 Å². The predicted molar refractivity (Wildman–Crippen MR) is 84.2 cm³/mol. The summed E-state index contributed by atoms with van der Waals surface area (Å²) in [6.07, 6.45) is 1.09. The van der Waals surface area contributed by atoms with Gasteiger partial charge in [-0.2, -0.15) is 0 Å². The van der Waals surface area contributed by atoms with Crippen LogP contribution < -0.4 is 0 Å². The molecular weight excluding hydrogens is 436 g/mol. The van der Waals surface area contributed by atoms with Crippen LogP contribution in [-0.4, -0.2) is 0 Å². The minimum absolute atomic E-state index is 0.315. The van der Waals surface area contributed by atoms with E-state index in [1.165, 1.54) is 15.3 Å². The Kier molecular flexibility index (Phi) is 4.69. The van der Waals surface area contributed by atoms with Crippen molar-refractivity contribution < 1.29 is 0 Å². The van der Waals surface area contributed by atoms with Gasteiger partial charge in [0.1, 0.15) is 0 Å². The van der Waals surface area contributed by atoms with Crippen LogP contribution in [0.1, 0.15) is 27.1 Å². The molecule has 2 heterocycles. The SMILES string of the molecule is CCc1ccsc1C(Br)c1cc(Br)c(Br)s1. The molecule has 2 aromatic heterocycles. The first-order chi connectivity index (χ1) is 7.63. The molecule has 0 spiro atoms. The van der Waals surface area contributed by atoms with Gasteiger partial charge in [0.05, 0.1) is 8.61 Å². The van der Waals surface area contributed by atoms with Crippen LogP contribution in [0, 0.1) is 0 Å². The number of alkyl halides is 1. The van der Waals surface area contributed by atoms with E-state index in [1.807, 2.05) is 11.3 Å². The number of thiophene rings is 2. The number of rotatable bonds is 3. The summed E-state index contributed by atoms with van der Waals surface area (Å²) in [5.74, 6) is 0. The molecule has 0 N–H and O–H groups in total. The maximum absolute atomic E-state index is 3.79. The second-order valence-electron chi connectivity index (χ2n) is 3.30. The molecule has 2 aromatic rings. The van der Waals surface area contributed by atoms with Crippen molar-refractivity contribution in [3.63, 3.8) is 0 Å². The third-order valence-corrected chi connectivity index (χ3v) is 8.21. The van der Waals surface area contributed by atoms with Crippen LogP contribution in [0.5, 0.6) is 0 Å². The van der Waals surface area contributed by atoms with Gasteiger partial charge in [0.25, 0.3) is 0 Å². The molecule has 0 radical (unpaired) electrons. The van der Waals surface area contributed by atoms with Gasteiger partial charge in [0, 0.05) is 14.2 Å². The molecular formula is C11H9Br3S2. The molecule has 1 atom stereocenters. The van der Waals surface area contributed by atoms with Crippen LogP contribution in [0.3, 0.4) is 0 Å². The average Bonchev–Trinajstić information content (AvgIpc) is 2.85. The van der Waals surface area contributed by atoms with E-state index in [0.29, 0.717) is 4.83 Å². The summed E-state index contributed by atoms with van der Waals surface area (Å²) in [5, 5.41) is 2.17. The van der Waals surface area contributed by atoms with Crippen LogP contribution in [0.15, 0.2) is 25.8 Å². The predicted octanol–water partition coefficient (Wildman–Crippen LogP) is 6.38. The monoisotopic (exact) mass is 442 g/mol. The highest BCUT2D eigenvalue weighted by Gasteiger charge is 2.18. The normalized spacial score (nSPS) is 13.0. The van der Waals surface area contributed by atoms with Gasteiger partial charge in [-0.05, 0) is 61.4 Å². The van der Waals surface area contributed by atoms with Crippen LogP contribution >= 0.6 is 70.5 Å². The molecule has 16 heavy (non-hydrogen) atoms. The summed E-state index contributed by atoms with van der Waals surface area (Å²) >= 11 is 14.4. The van der Waals surface area contributed by atoms with E-state index in [4.69, 9.17) is 0 Å². The van der Waals surface area contributed by atoms with Crippen LogP contribution in [0.25, 0.3) is 0 Å². The lowest BCUT2D eigenvalue weighted by molar-refractivity contribution is 1.10. The van der Waals surface area contributed by atoms with Gasteiger partial charge in [-0.25, -0.2) is 0 Å². The average molecular weight is 445 g/mol. The Morgan fingerprint density at radius 1 is 1.38 bits per heavy atom. The molecule has 0 aliphatic heterocycles. The largest absolute Gasteiger partial charge is 0.147 e. The number of hydrogen-bond acceptors (Lipinski definition) is 2. The smallest absolute Gasteiger partial charge is 0.0843 e. The van der Waals surface area contributed by atoms with Crippen molar-refractivity contribution in [3.05, 3.63) is 41.1 Å². The molecule has 0 aliphatic carbocycles. The molecule has 5 heteroatoms. The second-order valence-corrected chi connectivity index (χ2v) is 8.42. The molecule has 0 saturated carbocycles. The summed E-state index contributed by atoms with van der Waals surface area (Å²) in [6.45, 7) is 2.20. The van der Waals surface area contributed by atoms with Gasteiger partial charge in [-0.3, -0.25) is 0 Å². The van der Waals surface area contributed by atoms with Gasteiger partial charge >= 0.3 is 0 Å². The quantitative estimate of drug-likeness (QED) is 0.482. The first-order valence-corrected chi connectivity index (χ1v) is 8.98. The molecule has 1 unspecified atom stereocenters. The van der Waals surface area contributed by atoms with Crippen molar-refractivity contribution in [2.75, 3.05) is 0 Å². The summed E-state index contributed by atoms with van der Waals surface area (Å²) in [5.41, 5.74) is 1.44. The Hall–Kier alpha value is 0.840. The molecule has 0 bridgehead atoms. The molecule has 0 saturated heterocycles. The molecule has 0 aromatic carbocycles. The summed E-state index contributed by atoms with van der Waals surface area (Å²) in [6, 6.07) is 4.39. The zero-order chi connectivity index (χ0) is 11.7. The first kappa shape index (κ1) is 13.3. The fraction of sp³-hybridized carbons (Fsp3) is 0.273. The number of aryl methyl sites for hydroxylation is 1. The van der Waals surface area contributed by atoms with E-state index < -0.39 is 0 Å². The molecule has 0 aliphatic rings. The minimum Gasteiger partial charge on any atom is -0.147 e. The highest BCUT2D eigenvalue weighted by Crippen LogP contribution is 2.43.